The van der Waals surface area contributed by atoms with Crippen LogP contribution in [0.3, 0.4) is 0 Å². The number of hydrogen-bond donors (Lipinski definition) is 2. The number of aryl methyl sites for hydroxylation is 1. The van der Waals surface area contributed by atoms with Crippen molar-refractivity contribution in [1.82, 2.24) is 15.3 Å². The summed E-state index contributed by atoms with van der Waals surface area (Å²) in [5.41, 5.74) is 7.27. The van der Waals surface area contributed by atoms with Gasteiger partial charge in [-0.15, -0.1) is 0 Å². The number of hydrazone groups is 1. The quantitative estimate of drug-likeness (QED) is 0.698. The van der Waals surface area contributed by atoms with Crippen LogP contribution in [0.1, 0.15) is 45.8 Å². The fourth-order valence-corrected chi connectivity index (χ4v) is 4.01. The number of nitrogens with zero attached hydrogens (tertiary/aromatic N) is 3. The monoisotopic (exact) mass is 449 g/mol. The zero-order valence-corrected chi connectivity index (χ0v) is 18.1. The maximum absolute atomic E-state index is 13.0. The van der Waals surface area contributed by atoms with E-state index in [-0.39, 0.29) is 17.4 Å². The van der Waals surface area contributed by atoms with E-state index in [1.807, 2.05) is 19.0 Å². The zero-order chi connectivity index (χ0) is 22.9. The number of hydrazine groups is 1. The standard InChI is InChI=1S/C22H26F3N5O2/c1-14-19-17(27-26-16-6-3-5-15(13-16)22(23,24)25)7-4-8-18(19)32-20(14)21(31)28-30-11-9-29(2)10-12-30/h3,5-6,13,26H,4,7-12H2,1-2H3,(H,28,31)/b27-17+. The van der Waals surface area contributed by atoms with Gasteiger partial charge in [-0.25, -0.2) is 5.01 Å². The van der Waals surface area contributed by atoms with Gasteiger partial charge in [0.05, 0.1) is 17.0 Å². The molecule has 32 heavy (non-hydrogen) atoms. The Balaban J connectivity index is 1.52. The van der Waals surface area contributed by atoms with E-state index in [0.717, 1.165) is 50.3 Å². The van der Waals surface area contributed by atoms with Gasteiger partial charge in [-0.05, 0) is 45.0 Å². The maximum atomic E-state index is 13.0. The van der Waals surface area contributed by atoms with Gasteiger partial charge in [0.2, 0.25) is 0 Å². The second kappa shape index (κ2) is 8.95. The highest BCUT2D eigenvalue weighted by atomic mass is 19.4. The molecule has 0 unspecified atom stereocenters. The Hall–Kier alpha value is -2.85. The molecular weight excluding hydrogens is 423 g/mol. The summed E-state index contributed by atoms with van der Waals surface area (Å²) >= 11 is 0. The number of fused-ring (bicyclic) bond motifs is 1. The number of carbonyl (C=O) groups excluding carboxylic acids is 1. The maximum Gasteiger partial charge on any atom is 0.416 e. The lowest BCUT2D eigenvalue weighted by atomic mass is 9.93. The first-order valence-electron chi connectivity index (χ1n) is 10.6. The summed E-state index contributed by atoms with van der Waals surface area (Å²) in [6, 6.07) is 4.90. The lowest BCUT2D eigenvalue weighted by Crippen LogP contribution is -2.52. The summed E-state index contributed by atoms with van der Waals surface area (Å²) in [4.78, 5) is 15.0. The zero-order valence-electron chi connectivity index (χ0n) is 18.1. The fraction of sp³-hybridized carbons (Fsp3) is 0.455. The van der Waals surface area contributed by atoms with Crippen molar-refractivity contribution in [3.63, 3.8) is 0 Å². The van der Waals surface area contributed by atoms with Gasteiger partial charge < -0.3 is 9.32 Å². The van der Waals surface area contributed by atoms with Gasteiger partial charge in [0, 0.05) is 43.7 Å². The van der Waals surface area contributed by atoms with Crippen molar-refractivity contribution in [3.8, 4) is 0 Å². The van der Waals surface area contributed by atoms with E-state index in [9.17, 15) is 18.0 Å². The minimum Gasteiger partial charge on any atom is -0.455 e. The third kappa shape index (κ3) is 4.81. The van der Waals surface area contributed by atoms with Crippen LogP contribution in [0.2, 0.25) is 0 Å². The molecule has 0 bridgehead atoms. The van der Waals surface area contributed by atoms with Gasteiger partial charge in [-0.1, -0.05) is 6.07 Å². The number of carbonyl (C=O) groups is 1. The molecule has 2 aromatic rings. The molecule has 7 nitrogen and oxygen atoms in total. The predicted molar refractivity (Wildman–Crippen MR) is 115 cm³/mol. The van der Waals surface area contributed by atoms with Crippen LogP contribution in [0.15, 0.2) is 33.8 Å². The molecule has 2 heterocycles. The van der Waals surface area contributed by atoms with Gasteiger partial charge >= 0.3 is 12.1 Å². The summed E-state index contributed by atoms with van der Waals surface area (Å²) in [6.07, 6.45) is -2.32. The van der Waals surface area contributed by atoms with Crippen LogP contribution < -0.4 is 10.9 Å². The number of anilines is 1. The molecular formula is C22H26F3N5O2. The normalized spacial score (nSPS) is 19.1. The number of furan rings is 1. The second-order valence-electron chi connectivity index (χ2n) is 8.19. The van der Waals surface area contributed by atoms with Crippen LogP contribution in [0.5, 0.6) is 0 Å². The Morgan fingerprint density at radius 3 is 2.62 bits per heavy atom. The molecule has 0 spiro atoms. The third-order valence-corrected chi connectivity index (χ3v) is 5.80. The number of amides is 1. The van der Waals surface area contributed by atoms with E-state index in [0.29, 0.717) is 29.9 Å². The van der Waals surface area contributed by atoms with Crippen molar-refractivity contribution in [1.29, 1.82) is 0 Å². The van der Waals surface area contributed by atoms with Crippen LogP contribution >= 0.6 is 0 Å². The lowest BCUT2D eigenvalue weighted by Gasteiger charge is -2.32. The van der Waals surface area contributed by atoms with E-state index in [4.69, 9.17) is 4.42 Å². The average molecular weight is 449 g/mol. The van der Waals surface area contributed by atoms with Crippen molar-refractivity contribution in [2.75, 3.05) is 38.7 Å². The minimum atomic E-state index is -4.42. The smallest absolute Gasteiger partial charge is 0.416 e. The molecule has 0 saturated carbocycles. The molecule has 2 N–H and O–H groups in total. The molecule has 1 amide bonds. The molecule has 0 atom stereocenters. The first kappa shape index (κ1) is 22.3. The van der Waals surface area contributed by atoms with Gasteiger partial charge in [-0.2, -0.15) is 18.3 Å². The van der Waals surface area contributed by atoms with E-state index in [1.54, 1.807) is 0 Å². The molecule has 1 fully saturated rings. The first-order valence-corrected chi connectivity index (χ1v) is 10.6. The Kier molecular flexibility index (Phi) is 6.25. The Morgan fingerprint density at radius 2 is 1.91 bits per heavy atom. The fourth-order valence-electron chi connectivity index (χ4n) is 4.01. The molecule has 4 rings (SSSR count). The molecule has 1 aromatic heterocycles. The number of nitrogens with one attached hydrogen (secondary N) is 2. The highest BCUT2D eigenvalue weighted by Crippen LogP contribution is 2.32. The third-order valence-electron chi connectivity index (χ3n) is 5.80. The average Bonchev–Trinajstić information content (AvgIpc) is 3.11. The lowest BCUT2D eigenvalue weighted by molar-refractivity contribution is -0.137. The summed E-state index contributed by atoms with van der Waals surface area (Å²) in [6.45, 7) is 5.01. The molecule has 1 aromatic carbocycles. The molecule has 1 aliphatic heterocycles. The van der Waals surface area contributed by atoms with Gasteiger partial charge in [0.15, 0.2) is 5.76 Å². The number of rotatable bonds is 4. The highest BCUT2D eigenvalue weighted by molar-refractivity contribution is 6.06. The van der Waals surface area contributed by atoms with Crippen LogP contribution in [0, 0.1) is 6.92 Å². The van der Waals surface area contributed by atoms with Crippen LogP contribution in [0.25, 0.3) is 0 Å². The molecule has 1 aliphatic carbocycles. The summed E-state index contributed by atoms with van der Waals surface area (Å²) in [7, 11) is 2.04. The predicted octanol–water partition coefficient (Wildman–Crippen LogP) is 3.65. The van der Waals surface area contributed by atoms with E-state index >= 15 is 0 Å². The van der Waals surface area contributed by atoms with E-state index in [2.05, 4.69) is 20.9 Å². The van der Waals surface area contributed by atoms with Gasteiger partial charge in [0.25, 0.3) is 0 Å². The second-order valence-corrected chi connectivity index (χ2v) is 8.19. The molecule has 0 radical (unpaired) electrons. The molecule has 172 valence electrons. The van der Waals surface area contributed by atoms with Crippen LogP contribution in [-0.2, 0) is 12.6 Å². The first-order chi connectivity index (χ1) is 15.2. The van der Waals surface area contributed by atoms with Crippen molar-refractivity contribution >= 4 is 17.3 Å². The number of hydrogen-bond acceptors (Lipinski definition) is 6. The Bertz CT molecular complexity index is 1020. The van der Waals surface area contributed by atoms with Crippen LogP contribution in [-0.4, -0.2) is 54.8 Å². The topological polar surface area (TPSA) is 73.1 Å². The number of likely N-dealkylation sites (N-methyl/N-ethyl adjacent to an activating group) is 1. The van der Waals surface area contributed by atoms with Crippen molar-refractivity contribution < 1.29 is 22.4 Å². The summed E-state index contributed by atoms with van der Waals surface area (Å²) in [5.74, 6) is 0.635. The summed E-state index contributed by atoms with van der Waals surface area (Å²) < 4.78 is 44.8. The highest BCUT2D eigenvalue weighted by Gasteiger charge is 2.31. The molecule has 2 aliphatic rings. The minimum absolute atomic E-state index is 0.244. The van der Waals surface area contributed by atoms with Gasteiger partial charge in [0.1, 0.15) is 5.76 Å². The SMILES string of the molecule is Cc1c(C(=O)NN2CCN(C)CC2)oc2c1/C(=N/Nc1cccc(C(F)(F)F)c1)CCC2. The van der Waals surface area contributed by atoms with E-state index < -0.39 is 11.7 Å². The van der Waals surface area contributed by atoms with Crippen molar-refractivity contribution in [2.45, 2.75) is 32.4 Å². The van der Waals surface area contributed by atoms with Crippen molar-refractivity contribution in [3.05, 3.63) is 52.5 Å². The summed E-state index contributed by atoms with van der Waals surface area (Å²) in [5, 5.41) is 6.25. The van der Waals surface area contributed by atoms with Gasteiger partial charge in [-0.3, -0.25) is 15.6 Å². The number of piperazine rings is 1. The number of benzene rings is 1. The van der Waals surface area contributed by atoms with Crippen LogP contribution in [0.4, 0.5) is 18.9 Å². The number of halogens is 3. The molecule has 10 heteroatoms. The largest absolute Gasteiger partial charge is 0.455 e. The number of alkyl halides is 3. The van der Waals surface area contributed by atoms with E-state index in [1.165, 1.54) is 12.1 Å². The Morgan fingerprint density at radius 1 is 1.16 bits per heavy atom. The van der Waals surface area contributed by atoms with Crippen molar-refractivity contribution in [2.24, 2.45) is 5.10 Å². The molecule has 1 saturated heterocycles. The Labute approximate surface area is 184 Å².